The van der Waals surface area contributed by atoms with E-state index in [1.54, 1.807) is 42.3 Å². The molecule has 8 nitrogen and oxygen atoms in total. The molecule has 0 unspecified atom stereocenters. The van der Waals surface area contributed by atoms with Gasteiger partial charge in [0.05, 0.1) is 18.1 Å². The molecule has 2 fully saturated rings. The van der Waals surface area contributed by atoms with E-state index >= 15 is 0 Å². The summed E-state index contributed by atoms with van der Waals surface area (Å²) >= 11 is 0. The molecule has 1 N–H and O–H groups in total. The van der Waals surface area contributed by atoms with E-state index < -0.39 is 22.2 Å². The highest BCUT2D eigenvalue weighted by Crippen LogP contribution is 2.37. The van der Waals surface area contributed by atoms with Crippen LogP contribution in [-0.2, 0) is 21.4 Å². The van der Waals surface area contributed by atoms with Gasteiger partial charge in [0.15, 0.2) is 11.5 Å². The Hall–Kier alpha value is -3.56. The van der Waals surface area contributed by atoms with Crippen LogP contribution in [0.4, 0.5) is 4.79 Å². The van der Waals surface area contributed by atoms with Gasteiger partial charge in [-0.15, -0.1) is 0 Å². The number of amides is 1. The lowest BCUT2D eigenvalue weighted by molar-refractivity contribution is 0.103. The number of likely N-dealkylation sites (tertiary alicyclic amines) is 1. The zero-order valence-corrected chi connectivity index (χ0v) is 22.8. The molecule has 206 valence electrons. The van der Waals surface area contributed by atoms with Gasteiger partial charge >= 0.3 is 6.09 Å². The Kier molecular flexibility index (Phi) is 8.38. The van der Waals surface area contributed by atoms with Gasteiger partial charge in [-0.25, -0.2) is 17.9 Å². The molecule has 1 saturated heterocycles. The van der Waals surface area contributed by atoms with Gasteiger partial charge in [-0.2, -0.15) is 0 Å². The van der Waals surface area contributed by atoms with E-state index in [9.17, 15) is 13.2 Å². The summed E-state index contributed by atoms with van der Waals surface area (Å²) in [5.74, 6) is 0.949. The molecule has 0 radical (unpaired) electrons. The number of hydrogen-bond acceptors (Lipinski definition) is 6. The average molecular weight is 551 g/mol. The standard InChI is InChI=1S/C30H34N2O6S/c1-36-28-17-16-23(18-29(28)38-24-12-8-9-13-24)26-19-32(30(33)37-21-22-10-4-2-5-11-22)20-27(26)31-39(34,35)25-14-6-3-7-15-25/h2-7,10-11,14-18,24,26-27,31H,8-9,12-13,19-21H2,1H3/t26-,27+/m0/s1. The molecule has 0 spiro atoms. The highest BCUT2D eigenvalue weighted by atomic mass is 32.2. The first-order chi connectivity index (χ1) is 18.9. The molecule has 2 atom stereocenters. The summed E-state index contributed by atoms with van der Waals surface area (Å²) in [6.07, 6.45) is 3.92. The summed E-state index contributed by atoms with van der Waals surface area (Å²) in [5, 5.41) is 0. The van der Waals surface area contributed by atoms with Crippen molar-refractivity contribution in [2.24, 2.45) is 0 Å². The van der Waals surface area contributed by atoms with E-state index in [-0.39, 0.29) is 30.1 Å². The van der Waals surface area contributed by atoms with Gasteiger partial charge in [0.2, 0.25) is 10.0 Å². The van der Waals surface area contributed by atoms with Crippen molar-refractivity contribution in [2.75, 3.05) is 20.2 Å². The Bertz CT molecular complexity index is 1360. The summed E-state index contributed by atoms with van der Waals surface area (Å²) in [5.41, 5.74) is 1.75. The van der Waals surface area contributed by atoms with Crippen LogP contribution in [0, 0.1) is 0 Å². The summed E-state index contributed by atoms with van der Waals surface area (Å²) in [6.45, 7) is 0.614. The predicted molar refractivity (Wildman–Crippen MR) is 147 cm³/mol. The van der Waals surface area contributed by atoms with Crippen LogP contribution in [0.1, 0.15) is 42.7 Å². The highest BCUT2D eigenvalue weighted by Gasteiger charge is 2.40. The lowest BCUT2D eigenvalue weighted by Gasteiger charge is -2.22. The number of benzene rings is 3. The fraction of sp³-hybridized carbons (Fsp3) is 0.367. The summed E-state index contributed by atoms with van der Waals surface area (Å²) in [4.78, 5) is 14.8. The lowest BCUT2D eigenvalue weighted by Crippen LogP contribution is -2.40. The van der Waals surface area contributed by atoms with Crippen LogP contribution in [-0.4, -0.2) is 51.8 Å². The minimum Gasteiger partial charge on any atom is -0.493 e. The monoisotopic (exact) mass is 550 g/mol. The van der Waals surface area contributed by atoms with Gasteiger partial charge in [-0.05, 0) is 61.1 Å². The summed E-state index contributed by atoms with van der Waals surface area (Å²) in [7, 11) is -2.21. The lowest BCUT2D eigenvalue weighted by atomic mass is 9.94. The maximum Gasteiger partial charge on any atom is 0.410 e. The predicted octanol–water partition coefficient (Wildman–Crippen LogP) is 5.10. The number of hydrogen-bond donors (Lipinski definition) is 1. The second kappa shape index (κ2) is 12.1. The molecular formula is C30H34N2O6S. The SMILES string of the molecule is COc1ccc([C@@H]2CN(C(=O)OCc3ccccc3)C[C@H]2NS(=O)(=O)c2ccccc2)cc1OC1CCCC1. The molecule has 1 aliphatic heterocycles. The van der Waals surface area contributed by atoms with Gasteiger partial charge in [-0.1, -0.05) is 54.6 Å². The van der Waals surface area contributed by atoms with Crippen LogP contribution in [0.3, 0.4) is 0 Å². The van der Waals surface area contributed by atoms with Crippen molar-refractivity contribution in [3.05, 3.63) is 90.0 Å². The first-order valence-electron chi connectivity index (χ1n) is 13.3. The van der Waals surface area contributed by atoms with Gasteiger partial charge < -0.3 is 19.1 Å². The summed E-state index contributed by atoms with van der Waals surface area (Å²) < 4.78 is 46.8. The van der Waals surface area contributed by atoms with E-state index in [2.05, 4.69) is 4.72 Å². The largest absolute Gasteiger partial charge is 0.493 e. The van der Waals surface area contributed by atoms with Crippen molar-refractivity contribution in [2.45, 2.75) is 55.2 Å². The molecule has 3 aromatic carbocycles. The Morgan fingerprint density at radius 1 is 0.923 bits per heavy atom. The van der Waals surface area contributed by atoms with Crippen molar-refractivity contribution < 1.29 is 27.4 Å². The molecule has 1 saturated carbocycles. The molecule has 0 aromatic heterocycles. The molecule has 0 bridgehead atoms. The second-order valence-corrected chi connectivity index (χ2v) is 11.7. The van der Waals surface area contributed by atoms with Crippen molar-refractivity contribution >= 4 is 16.1 Å². The molecule has 2 aliphatic rings. The molecule has 5 rings (SSSR count). The molecule has 1 amide bonds. The number of nitrogens with zero attached hydrogens (tertiary/aromatic N) is 1. The molecular weight excluding hydrogens is 516 g/mol. The number of nitrogens with one attached hydrogen (secondary N) is 1. The van der Waals surface area contributed by atoms with E-state index in [1.807, 2.05) is 48.5 Å². The minimum atomic E-state index is -3.82. The zero-order valence-electron chi connectivity index (χ0n) is 22.0. The zero-order chi connectivity index (χ0) is 27.2. The maximum atomic E-state index is 13.3. The Labute approximate surface area is 229 Å². The van der Waals surface area contributed by atoms with E-state index in [0.29, 0.717) is 18.0 Å². The minimum absolute atomic E-state index is 0.134. The molecule has 1 heterocycles. The van der Waals surface area contributed by atoms with E-state index in [0.717, 1.165) is 36.8 Å². The van der Waals surface area contributed by atoms with Gasteiger partial charge in [-0.3, -0.25) is 0 Å². The third-order valence-corrected chi connectivity index (χ3v) is 8.86. The number of methoxy groups -OCH3 is 1. The van der Waals surface area contributed by atoms with Crippen LogP contribution in [0.25, 0.3) is 0 Å². The fourth-order valence-corrected chi connectivity index (χ4v) is 6.58. The molecule has 1 aliphatic carbocycles. The van der Waals surface area contributed by atoms with Crippen molar-refractivity contribution in [3.8, 4) is 11.5 Å². The van der Waals surface area contributed by atoms with Crippen molar-refractivity contribution in [1.29, 1.82) is 0 Å². The fourth-order valence-electron chi connectivity index (χ4n) is 5.29. The van der Waals surface area contributed by atoms with Crippen LogP contribution in [0.15, 0.2) is 83.8 Å². The van der Waals surface area contributed by atoms with E-state index in [4.69, 9.17) is 14.2 Å². The maximum absolute atomic E-state index is 13.3. The van der Waals surface area contributed by atoms with E-state index in [1.165, 1.54) is 0 Å². The number of rotatable bonds is 9. The van der Waals surface area contributed by atoms with Crippen molar-refractivity contribution in [3.63, 3.8) is 0 Å². The Morgan fingerprint density at radius 2 is 1.62 bits per heavy atom. The Morgan fingerprint density at radius 3 is 2.31 bits per heavy atom. The summed E-state index contributed by atoms with van der Waals surface area (Å²) in [6, 6.07) is 22.8. The molecule has 39 heavy (non-hydrogen) atoms. The van der Waals surface area contributed by atoms with Crippen LogP contribution >= 0.6 is 0 Å². The quantitative estimate of drug-likeness (QED) is 0.399. The second-order valence-electron chi connectivity index (χ2n) is 10.0. The smallest absolute Gasteiger partial charge is 0.410 e. The number of carbonyl (C=O) groups is 1. The highest BCUT2D eigenvalue weighted by molar-refractivity contribution is 7.89. The number of sulfonamides is 1. The van der Waals surface area contributed by atoms with Gasteiger partial charge in [0.1, 0.15) is 6.61 Å². The van der Waals surface area contributed by atoms with Crippen LogP contribution in [0.2, 0.25) is 0 Å². The number of carbonyl (C=O) groups excluding carboxylic acids is 1. The topological polar surface area (TPSA) is 94.2 Å². The third kappa shape index (κ3) is 6.54. The van der Waals surface area contributed by atoms with Crippen molar-refractivity contribution in [1.82, 2.24) is 9.62 Å². The molecule has 3 aromatic rings. The number of ether oxygens (including phenoxy) is 3. The normalized spacial score (nSPS) is 19.7. The molecule has 9 heteroatoms. The third-order valence-electron chi connectivity index (χ3n) is 7.35. The van der Waals surface area contributed by atoms with Crippen LogP contribution < -0.4 is 14.2 Å². The Balaban J connectivity index is 1.39. The van der Waals surface area contributed by atoms with Gasteiger partial charge in [0.25, 0.3) is 0 Å². The van der Waals surface area contributed by atoms with Crippen LogP contribution in [0.5, 0.6) is 11.5 Å². The first kappa shape index (κ1) is 27.0. The first-order valence-corrected chi connectivity index (χ1v) is 14.8. The van der Waals surface area contributed by atoms with Gasteiger partial charge in [0, 0.05) is 25.0 Å². The average Bonchev–Trinajstić information content (AvgIpc) is 3.63.